The molecule has 0 spiro atoms. The predicted octanol–water partition coefficient (Wildman–Crippen LogP) is 5.63. The van der Waals surface area contributed by atoms with Gasteiger partial charge >= 0.3 is 0 Å². The smallest absolute Gasteiger partial charge is 0.118 e. The van der Waals surface area contributed by atoms with Crippen LogP contribution in [0.3, 0.4) is 0 Å². The van der Waals surface area contributed by atoms with Gasteiger partial charge in [-0.2, -0.15) is 5.26 Å². The number of rotatable bonds is 4. The summed E-state index contributed by atoms with van der Waals surface area (Å²) in [4.78, 5) is 4.80. The molecule has 0 fully saturated rings. The second-order valence-electron chi connectivity index (χ2n) is 6.27. The Morgan fingerprint density at radius 2 is 2.21 bits per heavy atom. The van der Waals surface area contributed by atoms with E-state index in [1.807, 2.05) is 24.3 Å². The van der Waals surface area contributed by atoms with E-state index < -0.39 is 0 Å². The first-order valence-corrected chi connectivity index (χ1v) is 8.70. The summed E-state index contributed by atoms with van der Waals surface area (Å²) in [6.07, 6.45) is 16.2. The van der Waals surface area contributed by atoms with Crippen molar-refractivity contribution in [3.63, 3.8) is 0 Å². The van der Waals surface area contributed by atoms with E-state index >= 15 is 0 Å². The van der Waals surface area contributed by atoms with Crippen LogP contribution in [0.4, 0.5) is 4.39 Å². The Morgan fingerprint density at radius 1 is 1.42 bits per heavy atom. The van der Waals surface area contributed by atoms with Gasteiger partial charge in [-0.25, -0.2) is 4.39 Å². The van der Waals surface area contributed by atoms with Gasteiger partial charge in [-0.3, -0.25) is 4.99 Å². The highest BCUT2D eigenvalue weighted by Crippen LogP contribution is 2.38. The van der Waals surface area contributed by atoms with Crippen molar-refractivity contribution in [2.24, 2.45) is 16.8 Å². The maximum Gasteiger partial charge on any atom is 0.118 e. The van der Waals surface area contributed by atoms with Gasteiger partial charge < -0.3 is 0 Å². The Kier molecular flexibility index (Phi) is 6.49. The van der Waals surface area contributed by atoms with Crippen molar-refractivity contribution in [1.82, 2.24) is 0 Å². The number of aliphatic imine (C=N–C) groups is 1. The molecule has 0 bridgehead atoms. The lowest BCUT2D eigenvalue weighted by molar-refractivity contribution is 0.457. The molecule has 3 heteroatoms. The second-order valence-corrected chi connectivity index (χ2v) is 6.27. The predicted molar refractivity (Wildman–Crippen MR) is 98.3 cm³/mol. The number of nitrogens with zero attached hydrogens (tertiary/aromatic N) is 2. The number of nitriles is 1. The van der Waals surface area contributed by atoms with E-state index in [1.165, 1.54) is 0 Å². The molecule has 0 radical (unpaired) electrons. The molecule has 0 aliphatic heterocycles. The third-order valence-corrected chi connectivity index (χ3v) is 4.51. The molecule has 3 atom stereocenters. The third kappa shape index (κ3) is 4.20. The van der Waals surface area contributed by atoms with Crippen molar-refractivity contribution in [3.05, 3.63) is 59.5 Å². The van der Waals surface area contributed by atoms with Gasteiger partial charge in [0.2, 0.25) is 0 Å². The van der Waals surface area contributed by atoms with Crippen LogP contribution in [0.1, 0.15) is 40.0 Å². The summed E-state index contributed by atoms with van der Waals surface area (Å²) in [6, 6.07) is 2.18. The SMILES string of the molecule is CCC=CC1/C=C\C=C/C(=NC(C)CC)C2=CC(C#N)=C(F)CC21. The van der Waals surface area contributed by atoms with Crippen LogP contribution in [0.2, 0.25) is 0 Å². The molecule has 0 aromatic rings. The first-order chi connectivity index (χ1) is 11.6. The van der Waals surface area contributed by atoms with E-state index in [2.05, 4.69) is 39.0 Å². The van der Waals surface area contributed by atoms with Crippen LogP contribution in [0, 0.1) is 23.2 Å². The monoisotopic (exact) mass is 324 g/mol. The summed E-state index contributed by atoms with van der Waals surface area (Å²) < 4.78 is 14.3. The number of hydrogen-bond donors (Lipinski definition) is 0. The van der Waals surface area contributed by atoms with E-state index in [4.69, 9.17) is 4.99 Å². The summed E-state index contributed by atoms with van der Waals surface area (Å²) in [5.74, 6) is -0.231. The van der Waals surface area contributed by atoms with E-state index in [0.29, 0.717) is 0 Å². The fourth-order valence-corrected chi connectivity index (χ4v) is 2.96. The van der Waals surface area contributed by atoms with Crippen LogP contribution >= 0.6 is 0 Å². The lowest BCUT2D eigenvalue weighted by atomic mass is 9.75. The van der Waals surface area contributed by atoms with Gasteiger partial charge in [0, 0.05) is 24.3 Å². The van der Waals surface area contributed by atoms with Gasteiger partial charge in [0.05, 0.1) is 11.3 Å². The molecule has 0 heterocycles. The number of allylic oxidation sites excluding steroid dienone is 10. The Bertz CT molecular complexity index is 683. The van der Waals surface area contributed by atoms with Gasteiger partial charge in [0.25, 0.3) is 0 Å². The molecule has 0 amide bonds. The molecule has 0 saturated carbocycles. The van der Waals surface area contributed by atoms with Crippen molar-refractivity contribution in [1.29, 1.82) is 5.26 Å². The molecule has 0 saturated heterocycles. The minimum Gasteiger partial charge on any atom is -0.282 e. The van der Waals surface area contributed by atoms with Gasteiger partial charge in [-0.05, 0) is 37.5 Å². The van der Waals surface area contributed by atoms with Crippen molar-refractivity contribution in [3.8, 4) is 6.07 Å². The summed E-state index contributed by atoms with van der Waals surface area (Å²) in [7, 11) is 0. The highest BCUT2D eigenvalue weighted by atomic mass is 19.1. The van der Waals surface area contributed by atoms with Crippen molar-refractivity contribution < 1.29 is 4.39 Å². The summed E-state index contributed by atoms with van der Waals surface area (Å²) in [5, 5.41) is 9.22. The van der Waals surface area contributed by atoms with Crippen LogP contribution in [0.5, 0.6) is 0 Å². The zero-order valence-corrected chi connectivity index (χ0v) is 14.7. The molecule has 0 N–H and O–H groups in total. The zero-order valence-electron chi connectivity index (χ0n) is 14.7. The molecular formula is C21H25FN2. The van der Waals surface area contributed by atoms with Crippen molar-refractivity contribution in [2.75, 3.05) is 0 Å². The third-order valence-electron chi connectivity index (χ3n) is 4.51. The maximum absolute atomic E-state index is 14.3. The van der Waals surface area contributed by atoms with E-state index in [0.717, 1.165) is 24.1 Å². The molecule has 2 rings (SSSR count). The van der Waals surface area contributed by atoms with Crippen LogP contribution in [0.15, 0.2) is 64.5 Å². The topological polar surface area (TPSA) is 36.1 Å². The average molecular weight is 324 g/mol. The van der Waals surface area contributed by atoms with Gasteiger partial charge in [0.1, 0.15) is 11.9 Å². The second kappa shape index (κ2) is 8.59. The fourth-order valence-electron chi connectivity index (χ4n) is 2.96. The molecule has 24 heavy (non-hydrogen) atoms. The molecule has 2 aliphatic carbocycles. The van der Waals surface area contributed by atoms with E-state index in [1.54, 1.807) is 6.08 Å². The van der Waals surface area contributed by atoms with E-state index in [-0.39, 0.29) is 35.7 Å². The van der Waals surface area contributed by atoms with Crippen LogP contribution in [-0.2, 0) is 0 Å². The van der Waals surface area contributed by atoms with Crippen LogP contribution in [0.25, 0.3) is 0 Å². The van der Waals surface area contributed by atoms with Crippen molar-refractivity contribution >= 4 is 5.71 Å². The van der Waals surface area contributed by atoms with Crippen LogP contribution in [-0.4, -0.2) is 11.8 Å². The number of hydrogen-bond acceptors (Lipinski definition) is 2. The van der Waals surface area contributed by atoms with Crippen LogP contribution < -0.4 is 0 Å². The molecule has 2 nitrogen and oxygen atoms in total. The normalized spacial score (nSPS) is 29.5. The number of halogens is 1. The summed E-state index contributed by atoms with van der Waals surface area (Å²) >= 11 is 0. The lowest BCUT2D eigenvalue weighted by Gasteiger charge is -2.29. The Balaban J connectivity index is 2.55. The Labute approximate surface area is 144 Å². The van der Waals surface area contributed by atoms with Gasteiger partial charge in [0.15, 0.2) is 0 Å². The molecule has 0 aromatic heterocycles. The molecule has 126 valence electrons. The summed E-state index contributed by atoms with van der Waals surface area (Å²) in [5.41, 5.74) is 1.97. The quantitative estimate of drug-likeness (QED) is 0.617. The minimum absolute atomic E-state index is 0.0195. The Hall–Kier alpha value is -2.21. The average Bonchev–Trinajstić information content (AvgIpc) is 2.58. The molecule has 0 aromatic carbocycles. The van der Waals surface area contributed by atoms with Crippen molar-refractivity contribution in [2.45, 2.75) is 46.1 Å². The fraction of sp³-hybridized carbons (Fsp3) is 0.429. The minimum atomic E-state index is -0.318. The zero-order chi connectivity index (χ0) is 17.5. The standard InChI is InChI=1S/C21H25FN2/c1-4-6-9-16-10-7-8-11-21(24-15(3)5-2)19-12-17(14-23)20(22)13-18(16)19/h6-12,15-16,18H,4-5,13H2,1-3H3/b9-6?,10-7-,11-8-,24-21?. The van der Waals surface area contributed by atoms with E-state index in [9.17, 15) is 9.65 Å². The molecule has 3 unspecified atom stereocenters. The summed E-state index contributed by atoms with van der Waals surface area (Å²) in [6.45, 7) is 6.26. The molecule has 2 aliphatic rings. The van der Waals surface area contributed by atoms with Gasteiger partial charge in [-0.1, -0.05) is 44.2 Å². The highest BCUT2D eigenvalue weighted by molar-refractivity contribution is 6.09. The maximum atomic E-state index is 14.3. The molecular weight excluding hydrogens is 299 g/mol. The largest absolute Gasteiger partial charge is 0.282 e. The highest BCUT2D eigenvalue weighted by Gasteiger charge is 2.30. The first kappa shape index (κ1) is 18.1. The number of fused-ring (bicyclic) bond motifs is 1. The Morgan fingerprint density at radius 3 is 2.88 bits per heavy atom. The van der Waals surface area contributed by atoms with Gasteiger partial charge in [-0.15, -0.1) is 0 Å². The first-order valence-electron chi connectivity index (χ1n) is 8.70. The lowest BCUT2D eigenvalue weighted by Crippen LogP contribution is -2.24.